The number of aryl methyl sites for hydroxylation is 2. The number of phenols is 1. The highest BCUT2D eigenvalue weighted by Gasteiger charge is 2.24. The number of rotatable bonds is 3. The summed E-state index contributed by atoms with van der Waals surface area (Å²) < 4.78 is 0. The summed E-state index contributed by atoms with van der Waals surface area (Å²) in [5, 5.41) is 10.1. The van der Waals surface area contributed by atoms with E-state index >= 15 is 0 Å². The average Bonchev–Trinajstić information content (AvgIpc) is 2.75. The second-order valence-corrected chi connectivity index (χ2v) is 8.32. The Hall–Kier alpha value is -3.27. The van der Waals surface area contributed by atoms with E-state index in [2.05, 4.69) is 18.2 Å². The molecule has 30 heavy (non-hydrogen) atoms. The van der Waals surface area contributed by atoms with E-state index in [1.165, 1.54) is 16.7 Å². The third kappa shape index (κ3) is 3.65. The summed E-state index contributed by atoms with van der Waals surface area (Å²) in [6.07, 6.45) is 0.825. The molecule has 0 spiro atoms. The summed E-state index contributed by atoms with van der Waals surface area (Å²) in [6, 6.07) is 18.2. The molecule has 0 aromatic heterocycles. The number of benzene rings is 3. The van der Waals surface area contributed by atoms with Gasteiger partial charge in [-0.15, -0.1) is 0 Å². The van der Waals surface area contributed by atoms with Crippen molar-refractivity contribution >= 4 is 11.6 Å². The van der Waals surface area contributed by atoms with E-state index < -0.39 is 0 Å². The largest absolute Gasteiger partial charge is 0.507 e. The Morgan fingerprint density at radius 1 is 1.00 bits per heavy atom. The average molecular weight is 401 g/mol. The molecule has 0 fully saturated rings. The Labute approximate surface area is 178 Å². The third-order valence-corrected chi connectivity index (χ3v) is 5.99. The molecule has 3 aromatic carbocycles. The van der Waals surface area contributed by atoms with Gasteiger partial charge in [0, 0.05) is 38.4 Å². The van der Waals surface area contributed by atoms with E-state index in [1.54, 1.807) is 0 Å². The van der Waals surface area contributed by atoms with Crippen molar-refractivity contribution in [1.29, 1.82) is 0 Å². The van der Waals surface area contributed by atoms with E-state index in [0.29, 0.717) is 18.8 Å². The van der Waals surface area contributed by atoms with Gasteiger partial charge < -0.3 is 14.9 Å². The lowest BCUT2D eigenvalue weighted by atomic mass is 9.89. The lowest BCUT2D eigenvalue weighted by Crippen LogP contribution is -2.36. The molecule has 0 unspecified atom stereocenters. The van der Waals surface area contributed by atoms with Crippen molar-refractivity contribution in [2.75, 3.05) is 25.5 Å². The third-order valence-electron chi connectivity index (χ3n) is 5.99. The first-order valence-electron chi connectivity index (χ1n) is 10.3. The Morgan fingerprint density at radius 2 is 1.67 bits per heavy atom. The molecule has 0 radical (unpaired) electrons. The minimum atomic E-state index is 0.0766. The van der Waals surface area contributed by atoms with Gasteiger partial charge in [-0.1, -0.05) is 18.2 Å². The zero-order chi connectivity index (χ0) is 21.4. The van der Waals surface area contributed by atoms with Crippen molar-refractivity contribution in [1.82, 2.24) is 4.90 Å². The molecule has 0 aliphatic carbocycles. The highest BCUT2D eigenvalue weighted by molar-refractivity contribution is 5.94. The molecule has 0 atom stereocenters. The zero-order valence-electron chi connectivity index (χ0n) is 18.1. The van der Waals surface area contributed by atoms with Gasteiger partial charge in [-0.05, 0) is 90.0 Å². The maximum absolute atomic E-state index is 13.1. The van der Waals surface area contributed by atoms with Gasteiger partial charge in [0.25, 0.3) is 5.91 Å². The van der Waals surface area contributed by atoms with Crippen molar-refractivity contribution < 1.29 is 9.90 Å². The van der Waals surface area contributed by atoms with Crippen LogP contribution in [-0.4, -0.2) is 36.6 Å². The van der Waals surface area contributed by atoms with Crippen LogP contribution in [0.4, 0.5) is 5.69 Å². The number of fused-ring (bicyclic) bond motifs is 1. The number of aromatic hydroxyl groups is 1. The van der Waals surface area contributed by atoms with E-state index in [4.69, 9.17) is 0 Å². The first-order chi connectivity index (χ1) is 14.3. The summed E-state index contributed by atoms with van der Waals surface area (Å²) >= 11 is 0. The van der Waals surface area contributed by atoms with Crippen LogP contribution in [0.3, 0.4) is 0 Å². The molecule has 1 heterocycles. The molecule has 154 valence electrons. The van der Waals surface area contributed by atoms with Crippen LogP contribution in [0, 0.1) is 13.8 Å². The second-order valence-electron chi connectivity index (χ2n) is 8.32. The van der Waals surface area contributed by atoms with Gasteiger partial charge in [-0.3, -0.25) is 4.79 Å². The molecule has 0 saturated heterocycles. The molecule has 4 heteroatoms. The standard InChI is InChI=1S/C26H28N2O2/c1-17-14-21(15-18(2)25(17)29)23-7-5-6-20-16-28(13-12-24(20)23)26(30)19-8-10-22(11-9-19)27(3)4/h5-11,14-15,29H,12-13,16H2,1-4H3. The number of phenolic OH excluding ortho intramolecular Hbond substituents is 1. The molecule has 4 nitrogen and oxygen atoms in total. The van der Waals surface area contributed by atoms with Crippen LogP contribution in [0.15, 0.2) is 54.6 Å². The van der Waals surface area contributed by atoms with Crippen LogP contribution in [0.25, 0.3) is 11.1 Å². The number of hydrogen-bond donors (Lipinski definition) is 1. The molecular weight excluding hydrogens is 372 g/mol. The number of carbonyl (C=O) groups excluding carboxylic acids is 1. The van der Waals surface area contributed by atoms with E-state index in [9.17, 15) is 9.90 Å². The number of amides is 1. The second kappa shape index (κ2) is 7.86. The van der Waals surface area contributed by atoms with Gasteiger partial charge in [0.2, 0.25) is 0 Å². The molecule has 3 aromatic rings. The van der Waals surface area contributed by atoms with Gasteiger partial charge in [0.05, 0.1) is 0 Å². The zero-order valence-corrected chi connectivity index (χ0v) is 18.1. The molecule has 4 rings (SSSR count). The smallest absolute Gasteiger partial charge is 0.254 e. The lowest BCUT2D eigenvalue weighted by Gasteiger charge is -2.30. The Bertz CT molecular complexity index is 1080. The van der Waals surface area contributed by atoms with E-state index in [0.717, 1.165) is 34.4 Å². The molecule has 1 aliphatic rings. The molecular formula is C26H28N2O2. The minimum Gasteiger partial charge on any atom is -0.507 e. The maximum atomic E-state index is 13.1. The van der Waals surface area contributed by atoms with Gasteiger partial charge in [0.15, 0.2) is 0 Å². The summed E-state index contributed by atoms with van der Waals surface area (Å²) in [6.45, 7) is 5.19. The summed E-state index contributed by atoms with van der Waals surface area (Å²) in [7, 11) is 3.99. The molecule has 0 saturated carbocycles. The summed E-state index contributed by atoms with van der Waals surface area (Å²) in [5.41, 5.74) is 8.40. The number of hydrogen-bond acceptors (Lipinski definition) is 3. The molecule has 1 N–H and O–H groups in total. The SMILES string of the molecule is Cc1cc(-c2cccc3c2CCN(C(=O)c2ccc(N(C)C)cc2)C3)cc(C)c1O. The predicted molar refractivity (Wildman–Crippen MR) is 122 cm³/mol. The van der Waals surface area contributed by atoms with Crippen molar-refractivity contribution in [3.8, 4) is 16.9 Å². The monoisotopic (exact) mass is 400 g/mol. The van der Waals surface area contributed by atoms with Crippen molar-refractivity contribution in [3.05, 3.63) is 82.4 Å². The minimum absolute atomic E-state index is 0.0766. The normalized spacial score (nSPS) is 13.1. The van der Waals surface area contributed by atoms with Gasteiger partial charge in [0.1, 0.15) is 5.75 Å². The quantitative estimate of drug-likeness (QED) is 0.677. The van der Waals surface area contributed by atoms with Gasteiger partial charge in [-0.25, -0.2) is 0 Å². The Kier molecular flexibility index (Phi) is 5.25. The Balaban J connectivity index is 1.61. The summed E-state index contributed by atoms with van der Waals surface area (Å²) in [5.74, 6) is 0.438. The first-order valence-corrected chi connectivity index (χ1v) is 10.3. The fourth-order valence-corrected chi connectivity index (χ4v) is 4.25. The number of carbonyl (C=O) groups is 1. The fraction of sp³-hybridized carbons (Fsp3) is 0.269. The molecule has 0 bridgehead atoms. The highest BCUT2D eigenvalue weighted by Crippen LogP contribution is 2.34. The summed E-state index contributed by atoms with van der Waals surface area (Å²) in [4.78, 5) is 17.0. The maximum Gasteiger partial charge on any atom is 0.254 e. The number of anilines is 1. The number of nitrogens with zero attached hydrogens (tertiary/aromatic N) is 2. The van der Waals surface area contributed by atoms with Crippen molar-refractivity contribution in [2.45, 2.75) is 26.8 Å². The van der Waals surface area contributed by atoms with E-state index in [-0.39, 0.29) is 5.91 Å². The topological polar surface area (TPSA) is 43.8 Å². The van der Waals surface area contributed by atoms with Crippen LogP contribution in [0.2, 0.25) is 0 Å². The molecule has 1 aliphatic heterocycles. The van der Waals surface area contributed by atoms with E-state index in [1.807, 2.05) is 74.1 Å². The Morgan fingerprint density at radius 3 is 2.30 bits per heavy atom. The predicted octanol–water partition coefficient (Wildman–Crippen LogP) is 4.94. The van der Waals surface area contributed by atoms with Crippen LogP contribution >= 0.6 is 0 Å². The van der Waals surface area contributed by atoms with Crippen LogP contribution in [0.5, 0.6) is 5.75 Å². The van der Waals surface area contributed by atoms with Crippen LogP contribution in [-0.2, 0) is 13.0 Å². The molecule has 1 amide bonds. The van der Waals surface area contributed by atoms with Crippen LogP contribution < -0.4 is 4.90 Å². The van der Waals surface area contributed by atoms with Crippen molar-refractivity contribution in [3.63, 3.8) is 0 Å². The first kappa shape index (κ1) is 20.0. The lowest BCUT2D eigenvalue weighted by molar-refractivity contribution is 0.0735. The van der Waals surface area contributed by atoms with Crippen LogP contribution in [0.1, 0.15) is 32.6 Å². The van der Waals surface area contributed by atoms with Crippen molar-refractivity contribution in [2.24, 2.45) is 0 Å². The highest BCUT2D eigenvalue weighted by atomic mass is 16.3. The van der Waals surface area contributed by atoms with Gasteiger partial charge in [-0.2, -0.15) is 0 Å². The van der Waals surface area contributed by atoms with Gasteiger partial charge >= 0.3 is 0 Å². The fourth-order valence-electron chi connectivity index (χ4n) is 4.25.